The molecule has 80 valence electrons. The highest BCUT2D eigenvalue weighted by Crippen LogP contribution is 2.16. The number of halogens is 1. The molecule has 0 fully saturated rings. The number of hydrogen-bond donors (Lipinski definition) is 1. The first-order valence-corrected chi connectivity index (χ1v) is 5.91. The van der Waals surface area contributed by atoms with Gasteiger partial charge in [-0.2, -0.15) is 0 Å². The Morgan fingerprint density at radius 3 is 3.00 bits per heavy atom. The number of aryl methyl sites for hydroxylation is 1. The van der Waals surface area contributed by atoms with Gasteiger partial charge in [0, 0.05) is 18.4 Å². The molecule has 0 saturated carbocycles. The van der Waals surface area contributed by atoms with Gasteiger partial charge in [-0.05, 0) is 13.3 Å². The highest BCUT2D eigenvalue weighted by Gasteiger charge is 2.09. The van der Waals surface area contributed by atoms with Gasteiger partial charge in [-0.25, -0.2) is 4.98 Å². The Morgan fingerprint density at radius 1 is 1.71 bits per heavy atom. The van der Waals surface area contributed by atoms with Crippen molar-refractivity contribution in [2.24, 2.45) is 0 Å². The lowest BCUT2D eigenvalue weighted by molar-refractivity contribution is 0.184. The van der Waals surface area contributed by atoms with Crippen LogP contribution in [0.5, 0.6) is 0 Å². The summed E-state index contributed by atoms with van der Waals surface area (Å²) >= 11 is 7.30. The Bertz CT molecular complexity index is 261. The molecule has 1 rings (SSSR count). The molecule has 14 heavy (non-hydrogen) atoms. The van der Waals surface area contributed by atoms with E-state index in [2.05, 4.69) is 10.3 Å². The number of thiazole rings is 1. The summed E-state index contributed by atoms with van der Waals surface area (Å²) in [7, 11) is 1.69. The summed E-state index contributed by atoms with van der Waals surface area (Å²) in [6.45, 7) is 2.64. The number of alkyl halides is 1. The topological polar surface area (TPSA) is 34.1 Å². The molecule has 1 N–H and O–H groups in total. The Hall–Kier alpha value is -0.320. The van der Waals surface area contributed by atoms with Crippen molar-refractivity contribution in [1.82, 2.24) is 4.98 Å². The van der Waals surface area contributed by atoms with Crippen molar-refractivity contribution in [3.8, 4) is 0 Å². The lowest BCUT2D eigenvalue weighted by Gasteiger charge is -2.15. The van der Waals surface area contributed by atoms with Crippen LogP contribution in [0.4, 0.5) is 5.13 Å². The fourth-order valence-corrected chi connectivity index (χ4v) is 2.15. The SMILES string of the molecule is COCC(CCCl)Nc1nc(C)cs1. The van der Waals surface area contributed by atoms with Gasteiger partial charge in [-0.1, -0.05) is 0 Å². The second-order valence-electron chi connectivity index (χ2n) is 3.07. The molecule has 0 aliphatic rings. The van der Waals surface area contributed by atoms with E-state index in [0.717, 1.165) is 17.2 Å². The average Bonchev–Trinajstić information content (AvgIpc) is 2.52. The number of rotatable bonds is 6. The molecule has 1 heterocycles. The van der Waals surface area contributed by atoms with Crippen LogP contribution in [0.1, 0.15) is 12.1 Å². The average molecular weight is 235 g/mol. The normalized spacial score (nSPS) is 12.8. The lowest BCUT2D eigenvalue weighted by atomic mass is 10.2. The standard InChI is InChI=1S/C9H15ClN2OS/c1-7-6-14-9(11-7)12-8(3-4-10)5-13-2/h6,8H,3-5H2,1-2H3,(H,11,12). The molecule has 5 heteroatoms. The number of hydrogen-bond acceptors (Lipinski definition) is 4. The number of ether oxygens (including phenoxy) is 1. The summed E-state index contributed by atoms with van der Waals surface area (Å²) in [6.07, 6.45) is 0.883. The zero-order valence-corrected chi connectivity index (χ0v) is 9.99. The summed E-state index contributed by atoms with van der Waals surface area (Å²) in [4.78, 5) is 4.32. The highest BCUT2D eigenvalue weighted by atomic mass is 35.5. The molecule has 0 aliphatic carbocycles. The molecule has 1 unspecified atom stereocenters. The van der Waals surface area contributed by atoms with Gasteiger partial charge in [-0.3, -0.25) is 0 Å². The van der Waals surface area contributed by atoms with Gasteiger partial charge in [0.15, 0.2) is 5.13 Å². The van der Waals surface area contributed by atoms with Gasteiger partial charge < -0.3 is 10.1 Å². The summed E-state index contributed by atoms with van der Waals surface area (Å²) in [6, 6.07) is 0.253. The van der Waals surface area contributed by atoms with Crippen LogP contribution in [-0.4, -0.2) is 30.6 Å². The van der Waals surface area contributed by atoms with E-state index < -0.39 is 0 Å². The largest absolute Gasteiger partial charge is 0.383 e. The number of nitrogens with zero attached hydrogens (tertiary/aromatic N) is 1. The number of aromatic nitrogens is 1. The van der Waals surface area contributed by atoms with Gasteiger partial charge in [0.1, 0.15) is 0 Å². The van der Waals surface area contributed by atoms with Crippen LogP contribution < -0.4 is 5.32 Å². The van der Waals surface area contributed by atoms with Crippen LogP contribution in [-0.2, 0) is 4.74 Å². The van der Waals surface area contributed by atoms with Crippen molar-refractivity contribution in [2.45, 2.75) is 19.4 Å². The molecule has 1 atom stereocenters. The Balaban J connectivity index is 2.46. The third kappa shape index (κ3) is 3.82. The summed E-state index contributed by atoms with van der Waals surface area (Å²) in [5.74, 6) is 0.630. The second-order valence-corrected chi connectivity index (χ2v) is 4.30. The van der Waals surface area contributed by atoms with E-state index in [1.807, 2.05) is 12.3 Å². The number of nitrogens with one attached hydrogen (secondary N) is 1. The van der Waals surface area contributed by atoms with E-state index >= 15 is 0 Å². The number of methoxy groups -OCH3 is 1. The molecule has 1 aromatic heterocycles. The summed E-state index contributed by atoms with van der Waals surface area (Å²) in [5, 5.41) is 6.26. The summed E-state index contributed by atoms with van der Waals surface area (Å²) < 4.78 is 5.09. The minimum atomic E-state index is 0.253. The van der Waals surface area contributed by atoms with Crippen molar-refractivity contribution in [2.75, 3.05) is 24.9 Å². The molecule has 3 nitrogen and oxygen atoms in total. The zero-order chi connectivity index (χ0) is 10.4. The maximum atomic E-state index is 5.69. The van der Waals surface area contributed by atoms with Crippen molar-refractivity contribution in [3.05, 3.63) is 11.1 Å². The summed E-state index contributed by atoms with van der Waals surface area (Å²) in [5.41, 5.74) is 1.04. The van der Waals surface area contributed by atoms with Gasteiger partial charge in [-0.15, -0.1) is 22.9 Å². The van der Waals surface area contributed by atoms with Crippen molar-refractivity contribution in [3.63, 3.8) is 0 Å². The van der Waals surface area contributed by atoms with E-state index in [-0.39, 0.29) is 6.04 Å². The van der Waals surface area contributed by atoms with Crippen molar-refractivity contribution in [1.29, 1.82) is 0 Å². The third-order valence-electron chi connectivity index (χ3n) is 1.77. The van der Waals surface area contributed by atoms with E-state index in [4.69, 9.17) is 16.3 Å². The minimum absolute atomic E-state index is 0.253. The lowest BCUT2D eigenvalue weighted by Crippen LogP contribution is -2.25. The molecule has 0 bridgehead atoms. The van der Waals surface area contributed by atoms with E-state index in [0.29, 0.717) is 12.5 Å². The monoisotopic (exact) mass is 234 g/mol. The first kappa shape index (κ1) is 11.8. The van der Waals surface area contributed by atoms with Gasteiger partial charge in [0.25, 0.3) is 0 Å². The first-order chi connectivity index (χ1) is 6.76. The zero-order valence-electron chi connectivity index (χ0n) is 8.42. The molecular weight excluding hydrogens is 220 g/mol. The van der Waals surface area contributed by atoms with Crippen LogP contribution in [0.3, 0.4) is 0 Å². The predicted octanol–water partition coefficient (Wildman–Crippen LogP) is 2.51. The Labute approximate surface area is 93.4 Å². The van der Waals surface area contributed by atoms with Crippen molar-refractivity contribution < 1.29 is 4.74 Å². The molecule has 0 spiro atoms. The quantitative estimate of drug-likeness (QED) is 0.768. The Kier molecular flexibility index (Phi) is 5.22. The van der Waals surface area contributed by atoms with Crippen molar-refractivity contribution >= 4 is 28.1 Å². The van der Waals surface area contributed by atoms with Gasteiger partial charge in [0.2, 0.25) is 0 Å². The molecule has 0 aromatic carbocycles. The molecule has 0 amide bonds. The second kappa shape index (κ2) is 6.22. The minimum Gasteiger partial charge on any atom is -0.383 e. The van der Waals surface area contributed by atoms with Gasteiger partial charge >= 0.3 is 0 Å². The van der Waals surface area contributed by atoms with Crippen LogP contribution in [0.15, 0.2) is 5.38 Å². The van der Waals surface area contributed by atoms with E-state index in [1.54, 1.807) is 18.4 Å². The van der Waals surface area contributed by atoms with Crippen LogP contribution in [0.25, 0.3) is 0 Å². The fourth-order valence-electron chi connectivity index (χ4n) is 1.12. The van der Waals surface area contributed by atoms with Crippen LogP contribution in [0, 0.1) is 6.92 Å². The van der Waals surface area contributed by atoms with Gasteiger partial charge in [0.05, 0.1) is 18.3 Å². The highest BCUT2D eigenvalue weighted by molar-refractivity contribution is 7.13. The van der Waals surface area contributed by atoms with Crippen LogP contribution >= 0.6 is 22.9 Å². The fraction of sp³-hybridized carbons (Fsp3) is 0.667. The third-order valence-corrected chi connectivity index (χ3v) is 2.88. The molecular formula is C9H15ClN2OS. The maximum absolute atomic E-state index is 5.69. The van der Waals surface area contributed by atoms with Crippen LogP contribution in [0.2, 0.25) is 0 Å². The molecule has 0 aliphatic heterocycles. The first-order valence-electron chi connectivity index (χ1n) is 4.50. The maximum Gasteiger partial charge on any atom is 0.183 e. The Morgan fingerprint density at radius 2 is 2.50 bits per heavy atom. The molecule has 1 aromatic rings. The van der Waals surface area contributed by atoms with E-state index in [1.165, 1.54) is 0 Å². The number of anilines is 1. The molecule has 0 saturated heterocycles. The molecule has 0 radical (unpaired) electrons. The smallest absolute Gasteiger partial charge is 0.183 e. The van der Waals surface area contributed by atoms with E-state index in [9.17, 15) is 0 Å². The predicted molar refractivity (Wildman–Crippen MR) is 61.5 cm³/mol.